The van der Waals surface area contributed by atoms with Crippen LogP contribution in [0.5, 0.6) is 11.5 Å². The number of phenols is 2. The molecule has 0 amide bonds. The smallest absolute Gasteiger partial charge is 0.190 e. The Morgan fingerprint density at radius 1 is 1.19 bits per heavy atom. The minimum atomic E-state index is -1.05. The second-order valence-corrected chi connectivity index (χ2v) is 7.16. The highest BCUT2D eigenvalue weighted by atomic mass is 16.4. The van der Waals surface area contributed by atoms with Crippen molar-refractivity contribution in [2.24, 2.45) is 0 Å². The number of aryl methyl sites for hydroxylation is 1. The predicted molar refractivity (Wildman–Crippen MR) is 93.5 cm³/mol. The molecule has 2 aliphatic rings. The van der Waals surface area contributed by atoms with Crippen LogP contribution in [0.1, 0.15) is 41.9 Å². The van der Waals surface area contributed by atoms with Gasteiger partial charge in [-0.3, -0.25) is 9.59 Å². The van der Waals surface area contributed by atoms with Crippen molar-refractivity contribution < 1.29 is 29.3 Å². The maximum Gasteiger partial charge on any atom is 0.190 e. The van der Waals surface area contributed by atoms with Gasteiger partial charge in [0, 0.05) is 17.4 Å². The molecule has 0 saturated heterocycles. The van der Waals surface area contributed by atoms with Gasteiger partial charge in [-0.1, -0.05) is 6.92 Å². The normalized spacial score (nSPS) is 22.5. The van der Waals surface area contributed by atoms with Crippen LogP contribution < -0.4 is 0 Å². The summed E-state index contributed by atoms with van der Waals surface area (Å²) in [5, 5.41) is 31.6. The lowest BCUT2D eigenvalue weighted by Gasteiger charge is -2.41. The number of carbonyl (C=O) groups excluding carboxylic acids is 2. The number of carbonyl (C=O) groups is 2. The molecule has 0 bridgehead atoms. The highest BCUT2D eigenvalue weighted by Gasteiger charge is 2.48. The van der Waals surface area contributed by atoms with Crippen LogP contribution in [0.15, 0.2) is 33.3 Å². The topological polar surface area (TPSA) is 108 Å². The summed E-state index contributed by atoms with van der Waals surface area (Å²) in [6, 6.07) is 1.55. The number of hydrogen-bond donors (Lipinski definition) is 3. The van der Waals surface area contributed by atoms with Gasteiger partial charge in [-0.25, -0.2) is 0 Å². The Balaban J connectivity index is 2.15. The van der Waals surface area contributed by atoms with E-state index in [1.807, 2.05) is 0 Å². The molecule has 0 unspecified atom stereocenters. The van der Waals surface area contributed by atoms with E-state index in [4.69, 9.17) is 4.42 Å². The molecular formula is C20H18O6. The Kier molecular flexibility index (Phi) is 3.24. The highest BCUT2D eigenvalue weighted by molar-refractivity contribution is 6.16. The summed E-state index contributed by atoms with van der Waals surface area (Å²) in [5.74, 6) is -0.703. The number of hydrogen-bond acceptors (Lipinski definition) is 6. The van der Waals surface area contributed by atoms with E-state index in [2.05, 4.69) is 0 Å². The van der Waals surface area contributed by atoms with Crippen LogP contribution in [0, 0.1) is 6.92 Å². The standard InChI is InChI=1S/C20H18O6/c1-8-4-10-17(24)15-13(22)5-12-11(7-21)9(2)14(23)6-20(12,3)16(15)18(25)19(10)26-8/h4-5,21,24-25H,6-7H2,1-3H3/t20-/m0/s1. The molecule has 1 aromatic heterocycles. The average molecular weight is 354 g/mol. The molecule has 3 N–H and O–H groups in total. The second-order valence-electron chi connectivity index (χ2n) is 7.16. The largest absolute Gasteiger partial charge is 0.506 e. The van der Waals surface area contributed by atoms with E-state index in [1.165, 1.54) is 6.08 Å². The first-order chi connectivity index (χ1) is 12.2. The van der Waals surface area contributed by atoms with Gasteiger partial charge in [0.1, 0.15) is 11.5 Å². The van der Waals surface area contributed by atoms with Gasteiger partial charge < -0.3 is 19.7 Å². The lowest BCUT2D eigenvalue weighted by Crippen LogP contribution is -2.39. The van der Waals surface area contributed by atoms with Gasteiger partial charge in [0.25, 0.3) is 0 Å². The molecule has 0 spiro atoms. The van der Waals surface area contributed by atoms with E-state index in [0.717, 1.165) is 0 Å². The van der Waals surface area contributed by atoms with Crippen LogP contribution in [-0.2, 0) is 10.2 Å². The molecule has 1 heterocycles. The van der Waals surface area contributed by atoms with Gasteiger partial charge in [0.05, 0.1) is 17.6 Å². The number of furan rings is 1. The first-order valence-corrected chi connectivity index (χ1v) is 8.30. The minimum absolute atomic E-state index is 0.0205. The fourth-order valence-electron chi connectivity index (χ4n) is 4.26. The number of allylic oxidation sites excluding steroid dienone is 2. The van der Waals surface area contributed by atoms with Crippen LogP contribution in [0.4, 0.5) is 0 Å². The van der Waals surface area contributed by atoms with Gasteiger partial charge in [-0.05, 0) is 42.7 Å². The molecule has 1 aromatic carbocycles. The lowest BCUT2D eigenvalue weighted by atomic mass is 9.60. The predicted octanol–water partition coefficient (Wildman–Crippen LogP) is 2.81. The van der Waals surface area contributed by atoms with E-state index in [0.29, 0.717) is 22.5 Å². The zero-order chi connectivity index (χ0) is 19.0. The van der Waals surface area contributed by atoms with Crippen LogP contribution in [0.3, 0.4) is 0 Å². The van der Waals surface area contributed by atoms with Gasteiger partial charge in [-0.15, -0.1) is 0 Å². The van der Waals surface area contributed by atoms with Crippen molar-refractivity contribution in [3.63, 3.8) is 0 Å². The van der Waals surface area contributed by atoms with Gasteiger partial charge >= 0.3 is 0 Å². The maximum absolute atomic E-state index is 12.8. The molecule has 26 heavy (non-hydrogen) atoms. The van der Waals surface area contributed by atoms with E-state index in [9.17, 15) is 24.9 Å². The third-order valence-corrected chi connectivity index (χ3v) is 5.59. The maximum atomic E-state index is 12.8. The molecule has 134 valence electrons. The molecular weight excluding hydrogens is 336 g/mol. The number of ketones is 2. The van der Waals surface area contributed by atoms with Crippen molar-refractivity contribution in [3.05, 3.63) is 45.7 Å². The molecule has 0 radical (unpaired) electrons. The molecule has 2 aromatic rings. The van der Waals surface area contributed by atoms with Crippen molar-refractivity contribution in [2.75, 3.05) is 6.61 Å². The fourth-order valence-corrected chi connectivity index (χ4v) is 4.26. The zero-order valence-electron chi connectivity index (χ0n) is 14.6. The quantitative estimate of drug-likeness (QED) is 0.680. The Hall–Kier alpha value is -2.86. The van der Waals surface area contributed by atoms with Gasteiger partial charge in [-0.2, -0.15) is 0 Å². The molecule has 0 aliphatic heterocycles. The Morgan fingerprint density at radius 2 is 1.88 bits per heavy atom. The monoisotopic (exact) mass is 354 g/mol. The third-order valence-electron chi connectivity index (χ3n) is 5.59. The molecule has 4 rings (SSSR count). The number of aliphatic hydroxyl groups is 1. The third kappa shape index (κ3) is 1.85. The summed E-state index contributed by atoms with van der Waals surface area (Å²) in [7, 11) is 0. The van der Waals surface area contributed by atoms with Gasteiger partial charge in [0.15, 0.2) is 22.9 Å². The zero-order valence-corrected chi connectivity index (χ0v) is 14.6. The molecule has 6 heteroatoms. The van der Waals surface area contributed by atoms with E-state index in [1.54, 1.807) is 26.8 Å². The van der Waals surface area contributed by atoms with Crippen LogP contribution in [-0.4, -0.2) is 33.5 Å². The number of aliphatic hydroxyl groups excluding tert-OH is 1. The van der Waals surface area contributed by atoms with E-state index >= 15 is 0 Å². The number of Topliss-reactive ketones (excluding diaryl/α,β-unsaturated/α-hetero) is 1. The molecule has 2 aliphatic carbocycles. The number of phenolic OH excluding ortho intramolecular Hbond substituents is 2. The highest BCUT2D eigenvalue weighted by Crippen LogP contribution is 2.55. The first kappa shape index (κ1) is 16.6. The fraction of sp³-hybridized carbons (Fsp3) is 0.300. The lowest BCUT2D eigenvalue weighted by molar-refractivity contribution is -0.116. The number of fused-ring (bicyclic) bond motifs is 4. The average Bonchev–Trinajstić information content (AvgIpc) is 2.97. The summed E-state index contributed by atoms with van der Waals surface area (Å²) in [5.41, 5.74) is 0.473. The molecule has 1 atom stereocenters. The Morgan fingerprint density at radius 3 is 2.54 bits per heavy atom. The second kappa shape index (κ2) is 5.08. The SMILES string of the molecule is CC1=C(CO)C2=CC(=O)c3c(c(O)c4oc(C)cc4c3O)[C@@]2(C)CC1=O. The van der Waals surface area contributed by atoms with Crippen molar-refractivity contribution in [2.45, 2.75) is 32.6 Å². The minimum Gasteiger partial charge on any atom is -0.506 e. The molecule has 0 saturated carbocycles. The van der Waals surface area contributed by atoms with E-state index < -0.39 is 17.8 Å². The molecule has 6 nitrogen and oxygen atoms in total. The van der Waals surface area contributed by atoms with Crippen LogP contribution >= 0.6 is 0 Å². The van der Waals surface area contributed by atoms with Crippen LogP contribution in [0.25, 0.3) is 11.0 Å². The van der Waals surface area contributed by atoms with Gasteiger partial charge in [0.2, 0.25) is 0 Å². The number of aromatic hydroxyl groups is 2. The van der Waals surface area contributed by atoms with Crippen LogP contribution in [0.2, 0.25) is 0 Å². The van der Waals surface area contributed by atoms with E-state index in [-0.39, 0.29) is 45.8 Å². The Bertz CT molecular complexity index is 1080. The molecule has 0 fully saturated rings. The van der Waals surface area contributed by atoms with Crippen molar-refractivity contribution in [3.8, 4) is 11.5 Å². The summed E-state index contributed by atoms with van der Waals surface area (Å²) in [4.78, 5) is 25.3. The summed E-state index contributed by atoms with van der Waals surface area (Å²) < 4.78 is 5.52. The van der Waals surface area contributed by atoms with Crippen molar-refractivity contribution in [1.82, 2.24) is 0 Å². The number of rotatable bonds is 1. The Labute approximate surface area is 149 Å². The van der Waals surface area contributed by atoms with Crippen molar-refractivity contribution in [1.29, 1.82) is 0 Å². The summed E-state index contributed by atoms with van der Waals surface area (Å²) in [6.45, 7) is 4.62. The first-order valence-electron chi connectivity index (χ1n) is 8.30. The summed E-state index contributed by atoms with van der Waals surface area (Å²) in [6.07, 6.45) is 1.37. The summed E-state index contributed by atoms with van der Waals surface area (Å²) >= 11 is 0. The van der Waals surface area contributed by atoms with Crippen molar-refractivity contribution >= 4 is 22.5 Å². The number of benzene rings is 1.